The number of hydrogen-bond donors (Lipinski definition) is 2. The molecule has 0 spiro atoms. The first-order chi connectivity index (χ1) is 14.1. The Balaban J connectivity index is 1.74. The van der Waals surface area contributed by atoms with Crippen molar-refractivity contribution in [2.24, 2.45) is 0 Å². The minimum atomic E-state index is -4.81. The summed E-state index contributed by atoms with van der Waals surface area (Å²) in [5.41, 5.74) is 0.483. The molecule has 0 fully saturated rings. The van der Waals surface area contributed by atoms with Crippen molar-refractivity contribution in [3.05, 3.63) is 76.6 Å². The van der Waals surface area contributed by atoms with Crippen molar-refractivity contribution < 1.29 is 26.3 Å². The Morgan fingerprint density at radius 1 is 1.03 bits per heavy atom. The molecule has 4 rings (SSSR count). The van der Waals surface area contributed by atoms with Gasteiger partial charge in [-0.1, -0.05) is 6.08 Å². The highest BCUT2D eigenvalue weighted by molar-refractivity contribution is 5.79. The summed E-state index contributed by atoms with van der Waals surface area (Å²) in [7, 11) is 0. The van der Waals surface area contributed by atoms with Gasteiger partial charge in [0, 0.05) is 28.8 Å². The van der Waals surface area contributed by atoms with E-state index >= 15 is 0 Å². The number of fused-ring (bicyclic) bond motifs is 3. The first-order valence-corrected chi connectivity index (χ1v) is 8.96. The van der Waals surface area contributed by atoms with Gasteiger partial charge < -0.3 is 5.32 Å². The van der Waals surface area contributed by atoms with Gasteiger partial charge in [0.25, 0.3) is 5.92 Å². The second-order valence-corrected chi connectivity index (χ2v) is 6.95. The fourth-order valence-corrected chi connectivity index (χ4v) is 3.50. The largest absolute Gasteiger partial charge is 0.416 e. The Morgan fingerprint density at radius 3 is 2.47 bits per heavy atom. The third-order valence-electron chi connectivity index (χ3n) is 4.85. The van der Waals surface area contributed by atoms with Gasteiger partial charge in [-0.15, -0.1) is 0 Å². The summed E-state index contributed by atoms with van der Waals surface area (Å²) in [4.78, 5) is 0. The lowest BCUT2D eigenvalue weighted by atomic mass is 10.0. The van der Waals surface area contributed by atoms with Crippen LogP contribution in [0.25, 0.3) is 11.3 Å². The molecule has 0 saturated heterocycles. The predicted molar refractivity (Wildman–Crippen MR) is 100 cm³/mol. The van der Waals surface area contributed by atoms with Crippen LogP contribution in [0.4, 0.5) is 37.8 Å². The third-order valence-corrected chi connectivity index (χ3v) is 4.85. The van der Waals surface area contributed by atoms with E-state index in [0.717, 1.165) is 23.8 Å². The van der Waals surface area contributed by atoms with E-state index in [1.807, 2.05) is 0 Å². The van der Waals surface area contributed by atoms with E-state index in [0.29, 0.717) is 35.4 Å². The maximum Gasteiger partial charge on any atom is 0.416 e. The molecule has 1 aromatic heterocycles. The van der Waals surface area contributed by atoms with Crippen molar-refractivity contribution >= 4 is 11.5 Å². The van der Waals surface area contributed by atoms with Gasteiger partial charge in [-0.05, 0) is 55.0 Å². The monoisotopic (exact) mass is 423 g/mol. The number of aromatic nitrogens is 2. The van der Waals surface area contributed by atoms with Gasteiger partial charge >= 0.3 is 6.18 Å². The average molecular weight is 423 g/mol. The molecule has 0 bridgehead atoms. The lowest BCUT2D eigenvalue weighted by Crippen LogP contribution is -2.14. The Bertz CT molecular complexity index is 1140. The highest BCUT2D eigenvalue weighted by Crippen LogP contribution is 2.41. The summed E-state index contributed by atoms with van der Waals surface area (Å²) in [5.74, 6) is -3.79. The zero-order valence-corrected chi connectivity index (χ0v) is 15.5. The van der Waals surface area contributed by atoms with Crippen LogP contribution in [0.15, 0.2) is 48.6 Å². The van der Waals surface area contributed by atoms with E-state index < -0.39 is 29.0 Å². The van der Waals surface area contributed by atoms with Crippen LogP contribution < -0.4 is 5.32 Å². The highest BCUT2D eigenvalue weighted by atomic mass is 19.4. The number of nitrogens with zero attached hydrogens (tertiary/aromatic N) is 1. The minimum Gasteiger partial charge on any atom is -0.338 e. The van der Waals surface area contributed by atoms with Crippen molar-refractivity contribution in [1.29, 1.82) is 0 Å². The van der Waals surface area contributed by atoms with E-state index in [9.17, 15) is 26.3 Å². The Labute approximate surface area is 167 Å². The molecule has 9 heteroatoms. The van der Waals surface area contributed by atoms with Crippen molar-refractivity contribution in [3.63, 3.8) is 0 Å². The molecule has 2 N–H and O–H groups in total. The summed E-state index contributed by atoms with van der Waals surface area (Å²) in [5, 5.41) is 9.54. The summed E-state index contributed by atoms with van der Waals surface area (Å²) in [6.07, 6.45) is -2.89. The second-order valence-electron chi connectivity index (χ2n) is 6.95. The lowest BCUT2D eigenvalue weighted by Gasteiger charge is -2.17. The van der Waals surface area contributed by atoms with Crippen LogP contribution in [-0.4, -0.2) is 10.2 Å². The third kappa shape index (κ3) is 3.55. The Hall–Kier alpha value is -3.23. The molecule has 3 nitrogen and oxygen atoms in total. The molecule has 1 heterocycles. The molecule has 0 amide bonds. The molecule has 30 heavy (non-hydrogen) atoms. The number of aromatic amines is 1. The molecule has 0 unspecified atom stereocenters. The van der Waals surface area contributed by atoms with Gasteiger partial charge in [0.2, 0.25) is 0 Å². The number of nitrogens with one attached hydrogen (secondary N) is 2. The Kier molecular flexibility index (Phi) is 4.63. The summed E-state index contributed by atoms with van der Waals surface area (Å²) in [6, 6.07) is 6.38. The summed E-state index contributed by atoms with van der Waals surface area (Å²) in [6.45, 7) is 1.36. The molecule has 0 aliphatic heterocycles. The number of rotatable bonds is 4. The molecule has 0 saturated carbocycles. The molecule has 156 valence electrons. The van der Waals surface area contributed by atoms with E-state index in [4.69, 9.17) is 0 Å². The lowest BCUT2D eigenvalue weighted by molar-refractivity contribution is -0.137. The van der Waals surface area contributed by atoms with Crippen LogP contribution in [0.3, 0.4) is 0 Å². The topological polar surface area (TPSA) is 40.7 Å². The number of H-pyrrole nitrogens is 1. The SMILES string of the molecule is C/C=C/C(F)(F)c1cc(Nc2n[nH]c3c2Cc2cc(F)ccc2-3)cc(C(F)(F)F)c1. The van der Waals surface area contributed by atoms with Crippen LogP contribution in [0.1, 0.15) is 29.2 Å². The smallest absolute Gasteiger partial charge is 0.338 e. The van der Waals surface area contributed by atoms with E-state index in [-0.39, 0.29) is 11.5 Å². The number of allylic oxidation sites excluding steroid dienone is 2. The standard InChI is InChI=1S/C21H15F6N3/c1-2-5-20(23,24)12-8-13(21(25,26)27)10-15(9-12)28-19-17-7-11-6-14(22)3-4-16(11)18(17)29-30-19/h2-6,8-10H,7H2,1H3,(H2,28,29,30)/b5-2+. The number of benzene rings is 2. The van der Waals surface area contributed by atoms with E-state index in [1.165, 1.54) is 19.1 Å². The van der Waals surface area contributed by atoms with Crippen LogP contribution in [0, 0.1) is 5.82 Å². The fourth-order valence-electron chi connectivity index (χ4n) is 3.50. The molecule has 1 aliphatic carbocycles. The number of alkyl halides is 5. The average Bonchev–Trinajstić information content (AvgIpc) is 3.20. The van der Waals surface area contributed by atoms with Crippen LogP contribution in [0.2, 0.25) is 0 Å². The predicted octanol–water partition coefficient (Wildman–Crippen LogP) is 6.55. The summed E-state index contributed by atoms with van der Waals surface area (Å²) >= 11 is 0. The maximum absolute atomic E-state index is 14.3. The van der Waals surface area contributed by atoms with Gasteiger partial charge in [0.05, 0.1) is 11.3 Å². The van der Waals surface area contributed by atoms with E-state index in [2.05, 4.69) is 15.5 Å². The van der Waals surface area contributed by atoms with Crippen LogP contribution in [-0.2, 0) is 18.5 Å². The number of anilines is 2. The van der Waals surface area contributed by atoms with Gasteiger partial charge in [-0.2, -0.15) is 27.1 Å². The fraction of sp³-hybridized carbons (Fsp3) is 0.190. The van der Waals surface area contributed by atoms with Gasteiger partial charge in [0.15, 0.2) is 5.82 Å². The van der Waals surface area contributed by atoms with Crippen molar-refractivity contribution in [2.45, 2.75) is 25.4 Å². The molecule has 3 aromatic rings. The number of halogens is 6. The first kappa shape index (κ1) is 20.1. The van der Waals surface area contributed by atoms with Crippen molar-refractivity contribution in [2.75, 3.05) is 5.32 Å². The Morgan fingerprint density at radius 2 is 1.77 bits per heavy atom. The molecule has 1 aliphatic rings. The van der Waals surface area contributed by atoms with Crippen molar-refractivity contribution in [3.8, 4) is 11.3 Å². The molecular weight excluding hydrogens is 408 g/mol. The van der Waals surface area contributed by atoms with Gasteiger partial charge in [-0.25, -0.2) is 4.39 Å². The quantitative estimate of drug-likeness (QED) is 0.289. The van der Waals surface area contributed by atoms with Gasteiger partial charge in [0.1, 0.15) is 5.82 Å². The minimum absolute atomic E-state index is 0.180. The summed E-state index contributed by atoms with van der Waals surface area (Å²) < 4.78 is 81.9. The van der Waals surface area contributed by atoms with Crippen LogP contribution >= 0.6 is 0 Å². The second kappa shape index (κ2) is 6.93. The highest BCUT2D eigenvalue weighted by Gasteiger charge is 2.36. The first-order valence-electron chi connectivity index (χ1n) is 8.96. The van der Waals surface area contributed by atoms with Gasteiger partial charge in [-0.3, -0.25) is 5.10 Å². The normalized spacial score (nSPS) is 13.6. The zero-order valence-electron chi connectivity index (χ0n) is 15.5. The van der Waals surface area contributed by atoms with E-state index in [1.54, 1.807) is 6.07 Å². The number of hydrogen-bond acceptors (Lipinski definition) is 2. The molecule has 2 aromatic carbocycles. The zero-order chi connectivity index (χ0) is 21.7. The molecule has 0 radical (unpaired) electrons. The molecule has 0 atom stereocenters. The van der Waals surface area contributed by atoms with Crippen molar-refractivity contribution in [1.82, 2.24) is 10.2 Å². The van der Waals surface area contributed by atoms with Crippen LogP contribution in [0.5, 0.6) is 0 Å². The maximum atomic E-state index is 14.3. The molecular formula is C21H15F6N3.